The molecule has 0 aromatic rings. The largest absolute Gasteiger partial charge is 0.473 e. The van der Waals surface area contributed by atoms with Crippen LogP contribution in [0.15, 0.2) is 0 Å². The number of unbranched alkanes of at least 4 members (excludes halogenated alkanes) is 13. The summed E-state index contributed by atoms with van der Waals surface area (Å²) in [4.78, 5) is 9.67. The fourth-order valence-electron chi connectivity index (χ4n) is 3.44. The van der Waals surface area contributed by atoms with Gasteiger partial charge in [-0.3, -0.25) is 9.05 Å². The molecule has 10 heteroatoms. The fraction of sp³-hybridized carbons (Fsp3) is 1.00. The number of hydrogen-bond acceptors (Lipinski definition) is 7. The molecule has 0 fully saturated rings. The first-order valence-corrected chi connectivity index (χ1v) is 15.6. The van der Waals surface area contributed by atoms with Gasteiger partial charge in [-0.15, -0.1) is 0 Å². The summed E-state index contributed by atoms with van der Waals surface area (Å²) in [5.74, 6) is -0.108. The highest BCUT2D eigenvalue weighted by molar-refractivity contribution is 7.92. The molecule has 0 heterocycles. The number of aliphatic hydroxyl groups is 2. The highest BCUT2D eigenvalue weighted by Crippen LogP contribution is 2.46. The molecule has 0 saturated heterocycles. The van der Waals surface area contributed by atoms with Gasteiger partial charge >= 0.3 is 7.82 Å². The molecule has 3 N–H and O–H groups in total. The van der Waals surface area contributed by atoms with Crippen LogP contribution < -0.4 is 0 Å². The third-order valence-electron chi connectivity index (χ3n) is 5.41. The zero-order valence-corrected chi connectivity index (χ0v) is 21.8. The standard InChI is InChI=1S/C22H47O8PS/c1-3-5-6-7-8-9-10-11-12-13-14-15-16-17-18-32(27,28)22(4-2)30-31(25,26)29-20-21(24)19-23/h21-24H,3-20H2,1-2H3,(H,25,26). The van der Waals surface area contributed by atoms with E-state index in [1.807, 2.05) is 0 Å². The summed E-state index contributed by atoms with van der Waals surface area (Å²) in [7, 11) is -8.36. The van der Waals surface area contributed by atoms with E-state index in [1.54, 1.807) is 6.92 Å². The highest BCUT2D eigenvalue weighted by atomic mass is 32.2. The second kappa shape index (κ2) is 19.3. The smallest absolute Gasteiger partial charge is 0.394 e. The minimum Gasteiger partial charge on any atom is -0.394 e. The quantitative estimate of drug-likeness (QED) is 0.130. The van der Waals surface area contributed by atoms with Crippen molar-refractivity contribution in [3.8, 4) is 0 Å². The number of hydrogen-bond donors (Lipinski definition) is 3. The summed E-state index contributed by atoms with van der Waals surface area (Å²) in [6.45, 7) is 2.52. The number of sulfone groups is 1. The number of phosphoric ester groups is 1. The van der Waals surface area contributed by atoms with Crippen LogP contribution in [0, 0.1) is 0 Å². The van der Waals surface area contributed by atoms with E-state index >= 15 is 0 Å². The van der Waals surface area contributed by atoms with Gasteiger partial charge in [0.1, 0.15) is 6.10 Å². The molecule has 0 saturated carbocycles. The van der Waals surface area contributed by atoms with Gasteiger partial charge in [0, 0.05) is 0 Å². The maximum atomic E-state index is 12.5. The number of phosphoric acid groups is 1. The molecule has 0 aromatic carbocycles. The molecule has 194 valence electrons. The molecule has 0 rings (SSSR count). The van der Waals surface area contributed by atoms with Crippen molar-refractivity contribution in [3.63, 3.8) is 0 Å². The maximum Gasteiger partial charge on any atom is 0.473 e. The summed E-state index contributed by atoms with van der Waals surface area (Å²) in [6, 6.07) is 0. The topological polar surface area (TPSA) is 130 Å². The van der Waals surface area contributed by atoms with Gasteiger partial charge in [0.15, 0.2) is 15.3 Å². The Morgan fingerprint density at radius 2 is 1.25 bits per heavy atom. The lowest BCUT2D eigenvalue weighted by atomic mass is 10.0. The average Bonchev–Trinajstić information content (AvgIpc) is 2.76. The molecule has 0 aliphatic rings. The lowest BCUT2D eigenvalue weighted by molar-refractivity contribution is 0.0341. The Labute approximate surface area is 195 Å². The molecule has 0 bridgehead atoms. The summed E-state index contributed by atoms with van der Waals surface area (Å²) in [5.41, 5.74) is -1.44. The van der Waals surface area contributed by atoms with Crippen molar-refractivity contribution in [2.75, 3.05) is 19.0 Å². The highest BCUT2D eigenvalue weighted by Gasteiger charge is 2.34. The summed E-state index contributed by atoms with van der Waals surface area (Å²) in [6.07, 6.45) is 15.0. The minimum absolute atomic E-state index is 0.0113. The molecule has 3 unspecified atom stereocenters. The number of aliphatic hydroxyl groups excluding tert-OH is 2. The van der Waals surface area contributed by atoms with E-state index in [4.69, 9.17) is 9.63 Å². The Bertz CT molecular complexity index is 584. The van der Waals surface area contributed by atoms with Gasteiger partial charge in [-0.2, -0.15) is 0 Å². The molecule has 3 atom stereocenters. The van der Waals surface area contributed by atoms with Gasteiger partial charge in [0.25, 0.3) is 0 Å². The van der Waals surface area contributed by atoms with Gasteiger partial charge in [0.05, 0.1) is 19.0 Å². The van der Waals surface area contributed by atoms with Crippen LogP contribution in [-0.4, -0.2) is 54.0 Å². The van der Waals surface area contributed by atoms with Crippen LogP contribution >= 0.6 is 7.82 Å². The maximum absolute atomic E-state index is 12.5. The van der Waals surface area contributed by atoms with Crippen LogP contribution in [0.2, 0.25) is 0 Å². The van der Waals surface area contributed by atoms with Crippen LogP contribution in [0.5, 0.6) is 0 Å². The third kappa shape index (κ3) is 17.5. The molecule has 0 amide bonds. The van der Waals surface area contributed by atoms with E-state index in [-0.39, 0.29) is 12.2 Å². The first-order valence-electron chi connectivity index (χ1n) is 12.3. The van der Waals surface area contributed by atoms with Crippen LogP contribution in [0.4, 0.5) is 0 Å². The van der Waals surface area contributed by atoms with E-state index < -0.39 is 42.4 Å². The molecule has 32 heavy (non-hydrogen) atoms. The summed E-state index contributed by atoms with van der Waals surface area (Å²) < 4.78 is 46.2. The van der Waals surface area contributed by atoms with E-state index in [0.29, 0.717) is 6.42 Å². The molecular weight excluding hydrogens is 455 g/mol. The predicted octanol–water partition coefficient (Wildman–Crippen LogP) is 5.11. The van der Waals surface area contributed by atoms with E-state index in [1.165, 1.54) is 64.2 Å². The van der Waals surface area contributed by atoms with Crippen molar-refractivity contribution in [2.24, 2.45) is 0 Å². The Kier molecular flexibility index (Phi) is 19.3. The Morgan fingerprint density at radius 1 is 0.812 bits per heavy atom. The lowest BCUT2D eigenvalue weighted by Gasteiger charge is -2.20. The van der Waals surface area contributed by atoms with Crippen LogP contribution in [-0.2, 0) is 23.4 Å². The zero-order valence-electron chi connectivity index (χ0n) is 20.1. The normalized spacial score (nSPS) is 16.0. The van der Waals surface area contributed by atoms with Crippen molar-refractivity contribution < 1.29 is 37.1 Å². The predicted molar refractivity (Wildman–Crippen MR) is 128 cm³/mol. The van der Waals surface area contributed by atoms with Crippen molar-refractivity contribution >= 4 is 17.7 Å². The molecule has 8 nitrogen and oxygen atoms in total. The molecular formula is C22H47O8PS. The number of rotatable bonds is 23. The molecule has 0 aliphatic heterocycles. The van der Waals surface area contributed by atoms with Crippen molar-refractivity contribution in [1.29, 1.82) is 0 Å². The van der Waals surface area contributed by atoms with Gasteiger partial charge in [-0.1, -0.05) is 97.3 Å². The Hall–Kier alpha value is -0.0200. The third-order valence-corrected chi connectivity index (χ3v) is 8.64. The first-order chi connectivity index (χ1) is 15.2. The molecule has 0 aliphatic carbocycles. The fourth-order valence-corrected chi connectivity index (χ4v) is 6.53. The second-order valence-corrected chi connectivity index (χ2v) is 12.2. The Balaban J connectivity index is 3.92. The molecule has 0 aromatic heterocycles. The van der Waals surface area contributed by atoms with Crippen LogP contribution in [0.25, 0.3) is 0 Å². The molecule has 0 spiro atoms. The van der Waals surface area contributed by atoms with Crippen molar-refractivity contribution in [1.82, 2.24) is 0 Å². The lowest BCUT2D eigenvalue weighted by Crippen LogP contribution is -2.27. The first kappa shape index (κ1) is 32.0. The summed E-state index contributed by atoms with van der Waals surface area (Å²) >= 11 is 0. The SMILES string of the molecule is CCCCCCCCCCCCCCCCS(=O)(=O)C(CC)OP(=O)(O)OCC(O)CO. The van der Waals surface area contributed by atoms with Crippen molar-refractivity contribution in [2.45, 2.75) is 122 Å². The monoisotopic (exact) mass is 502 g/mol. The van der Waals surface area contributed by atoms with E-state index in [0.717, 1.165) is 19.3 Å². The summed E-state index contributed by atoms with van der Waals surface area (Å²) in [5, 5.41) is 17.9. The van der Waals surface area contributed by atoms with Gasteiger partial charge in [-0.05, 0) is 12.8 Å². The van der Waals surface area contributed by atoms with E-state index in [9.17, 15) is 23.0 Å². The second-order valence-electron chi connectivity index (χ2n) is 8.51. The zero-order chi connectivity index (χ0) is 24.3. The van der Waals surface area contributed by atoms with Crippen LogP contribution in [0.1, 0.15) is 110 Å². The minimum atomic E-state index is -4.65. The van der Waals surface area contributed by atoms with E-state index in [2.05, 4.69) is 11.4 Å². The Morgan fingerprint density at radius 3 is 1.66 bits per heavy atom. The van der Waals surface area contributed by atoms with Crippen molar-refractivity contribution in [3.05, 3.63) is 0 Å². The van der Waals surface area contributed by atoms with Crippen LogP contribution in [0.3, 0.4) is 0 Å². The van der Waals surface area contributed by atoms with Gasteiger partial charge in [-0.25, -0.2) is 13.0 Å². The van der Waals surface area contributed by atoms with Gasteiger partial charge in [0.2, 0.25) is 0 Å². The van der Waals surface area contributed by atoms with Gasteiger partial charge < -0.3 is 15.1 Å². The molecule has 0 radical (unpaired) electrons. The average molecular weight is 503 g/mol.